The first kappa shape index (κ1) is 23.1. The number of thioether (sulfide) groups is 1. The number of aryl methyl sites for hydroxylation is 2. The summed E-state index contributed by atoms with van der Waals surface area (Å²) < 4.78 is 0. The zero-order chi connectivity index (χ0) is 23.2. The monoisotopic (exact) mass is 458 g/mol. The molecule has 0 aromatic heterocycles. The van der Waals surface area contributed by atoms with Crippen LogP contribution >= 0.6 is 11.8 Å². The van der Waals surface area contributed by atoms with Crippen molar-refractivity contribution in [2.45, 2.75) is 44.9 Å². The minimum Gasteiger partial charge on any atom is -0.322 e. The van der Waals surface area contributed by atoms with Crippen LogP contribution in [0.4, 0.5) is 11.4 Å². The second-order valence-corrected chi connectivity index (χ2v) is 9.39. The highest BCUT2D eigenvalue weighted by Crippen LogP contribution is 2.42. The van der Waals surface area contributed by atoms with Gasteiger partial charge in [0.1, 0.15) is 5.37 Å². The van der Waals surface area contributed by atoms with Crippen LogP contribution in [-0.4, -0.2) is 17.6 Å². The molecule has 0 radical (unpaired) electrons. The molecule has 1 fully saturated rings. The number of rotatable bonds is 8. The number of carbonyl (C=O) groups excluding carboxylic acids is 2. The minimum atomic E-state index is -0.118. The van der Waals surface area contributed by atoms with Crippen LogP contribution in [0.15, 0.2) is 72.8 Å². The molecule has 2 amide bonds. The Labute approximate surface area is 200 Å². The molecule has 5 heteroatoms. The smallest absolute Gasteiger partial charge is 0.255 e. The van der Waals surface area contributed by atoms with E-state index in [2.05, 4.69) is 31.3 Å². The summed E-state index contributed by atoms with van der Waals surface area (Å²) in [6.45, 7) is 4.30. The van der Waals surface area contributed by atoms with Gasteiger partial charge in [0.15, 0.2) is 0 Å². The first-order valence-electron chi connectivity index (χ1n) is 11.6. The topological polar surface area (TPSA) is 49.4 Å². The van der Waals surface area contributed by atoms with E-state index in [4.69, 9.17) is 0 Å². The lowest BCUT2D eigenvalue weighted by Crippen LogP contribution is -2.27. The lowest BCUT2D eigenvalue weighted by molar-refractivity contribution is -0.115. The quantitative estimate of drug-likeness (QED) is 0.412. The van der Waals surface area contributed by atoms with Gasteiger partial charge in [-0.25, -0.2) is 0 Å². The maximum absolute atomic E-state index is 12.6. The number of benzene rings is 3. The van der Waals surface area contributed by atoms with Crippen LogP contribution in [0.25, 0.3) is 0 Å². The van der Waals surface area contributed by atoms with Crippen LogP contribution in [0.2, 0.25) is 0 Å². The molecule has 1 aliphatic rings. The van der Waals surface area contributed by atoms with Gasteiger partial charge in [-0.3, -0.25) is 14.5 Å². The number of hydrogen-bond acceptors (Lipinski definition) is 3. The number of nitrogens with one attached hydrogen (secondary N) is 1. The van der Waals surface area contributed by atoms with E-state index < -0.39 is 0 Å². The van der Waals surface area contributed by atoms with Crippen LogP contribution in [0.1, 0.15) is 59.1 Å². The highest BCUT2D eigenvalue weighted by Gasteiger charge is 2.33. The van der Waals surface area contributed by atoms with E-state index in [0.29, 0.717) is 11.3 Å². The predicted octanol–water partition coefficient (Wildman–Crippen LogP) is 6.62. The van der Waals surface area contributed by atoms with Gasteiger partial charge >= 0.3 is 0 Å². The second-order valence-electron chi connectivity index (χ2n) is 8.32. The fourth-order valence-electron chi connectivity index (χ4n) is 3.98. The van der Waals surface area contributed by atoms with E-state index in [1.54, 1.807) is 11.8 Å². The lowest BCUT2D eigenvalue weighted by atomic mass is 10.1. The summed E-state index contributed by atoms with van der Waals surface area (Å²) in [4.78, 5) is 27.1. The summed E-state index contributed by atoms with van der Waals surface area (Å²) in [5.74, 6) is 0.467. The molecule has 3 aromatic carbocycles. The Hall–Kier alpha value is -3.05. The SMILES string of the molecule is CCCCc1ccc(C(=O)Nc2ccc([C@H]3SCC(=O)N3c3ccc(CC)cc3)cc2)cc1. The Morgan fingerprint density at radius 2 is 1.61 bits per heavy atom. The third-order valence-corrected chi connectivity index (χ3v) is 7.19. The molecule has 1 aliphatic heterocycles. The van der Waals surface area contributed by atoms with Crippen molar-refractivity contribution < 1.29 is 9.59 Å². The van der Waals surface area contributed by atoms with Crippen molar-refractivity contribution in [1.29, 1.82) is 0 Å². The van der Waals surface area contributed by atoms with E-state index in [9.17, 15) is 9.59 Å². The minimum absolute atomic E-state index is 0.0645. The number of anilines is 2. The van der Waals surface area contributed by atoms with Crippen LogP contribution in [-0.2, 0) is 17.6 Å². The lowest BCUT2D eigenvalue weighted by Gasteiger charge is -2.24. The molecule has 4 nitrogen and oxygen atoms in total. The Balaban J connectivity index is 1.43. The van der Waals surface area contributed by atoms with E-state index in [0.717, 1.165) is 42.6 Å². The average molecular weight is 459 g/mol. The largest absolute Gasteiger partial charge is 0.322 e. The molecule has 3 aromatic rings. The molecule has 0 spiro atoms. The zero-order valence-corrected chi connectivity index (χ0v) is 20.0. The highest BCUT2D eigenvalue weighted by molar-refractivity contribution is 8.00. The van der Waals surface area contributed by atoms with Crippen molar-refractivity contribution in [2.24, 2.45) is 0 Å². The normalized spacial score (nSPS) is 15.6. The van der Waals surface area contributed by atoms with Crippen LogP contribution in [0, 0.1) is 0 Å². The molecule has 1 atom stereocenters. The van der Waals surface area contributed by atoms with Gasteiger partial charge in [0, 0.05) is 16.9 Å². The summed E-state index contributed by atoms with van der Waals surface area (Å²) in [6.07, 6.45) is 4.34. The molecule has 4 rings (SSSR count). The molecule has 0 saturated carbocycles. The average Bonchev–Trinajstić information content (AvgIpc) is 3.24. The number of unbranched alkanes of at least 4 members (excludes halogenated alkanes) is 1. The number of nitrogens with zero attached hydrogens (tertiary/aromatic N) is 1. The first-order valence-corrected chi connectivity index (χ1v) is 12.7. The first-order chi connectivity index (χ1) is 16.1. The second kappa shape index (κ2) is 10.7. The Kier molecular flexibility index (Phi) is 7.50. The Morgan fingerprint density at radius 3 is 2.24 bits per heavy atom. The molecule has 0 unspecified atom stereocenters. The van der Waals surface area contributed by atoms with Crippen molar-refractivity contribution in [2.75, 3.05) is 16.0 Å². The third-order valence-electron chi connectivity index (χ3n) is 5.98. The summed E-state index contributed by atoms with van der Waals surface area (Å²) in [5, 5.41) is 2.91. The highest BCUT2D eigenvalue weighted by atomic mass is 32.2. The number of hydrogen-bond donors (Lipinski definition) is 1. The number of carbonyl (C=O) groups is 2. The molecular formula is C28H30N2O2S. The fourth-order valence-corrected chi connectivity index (χ4v) is 5.16. The maximum atomic E-state index is 12.6. The van der Waals surface area contributed by atoms with Gasteiger partial charge in [-0.05, 0) is 72.4 Å². The van der Waals surface area contributed by atoms with E-state index in [1.807, 2.05) is 65.6 Å². The van der Waals surface area contributed by atoms with Gasteiger partial charge in [0.05, 0.1) is 5.75 Å². The maximum Gasteiger partial charge on any atom is 0.255 e. The summed E-state index contributed by atoms with van der Waals surface area (Å²) in [5.41, 5.74) is 5.88. The van der Waals surface area contributed by atoms with Crippen molar-refractivity contribution in [1.82, 2.24) is 0 Å². The van der Waals surface area contributed by atoms with Gasteiger partial charge < -0.3 is 5.32 Å². The Bertz CT molecular complexity index is 1090. The van der Waals surface area contributed by atoms with Gasteiger partial charge in [0.25, 0.3) is 5.91 Å². The summed E-state index contributed by atoms with van der Waals surface area (Å²) >= 11 is 1.63. The molecule has 0 aliphatic carbocycles. The standard InChI is InChI=1S/C28H30N2O2S/c1-3-5-6-21-7-11-22(12-8-21)27(32)29-24-15-13-23(14-16-24)28-30(26(31)19-33-28)25-17-9-20(4-2)10-18-25/h7-18,28H,3-6,19H2,1-2H3,(H,29,32)/t28-/m1/s1. The molecular weight excluding hydrogens is 428 g/mol. The van der Waals surface area contributed by atoms with Gasteiger partial charge in [-0.1, -0.05) is 56.7 Å². The molecule has 170 valence electrons. The van der Waals surface area contributed by atoms with Crippen molar-refractivity contribution in [3.8, 4) is 0 Å². The summed E-state index contributed by atoms with van der Waals surface area (Å²) in [7, 11) is 0. The van der Waals surface area contributed by atoms with Gasteiger partial charge in [0.2, 0.25) is 5.91 Å². The summed E-state index contributed by atoms with van der Waals surface area (Å²) in [6, 6.07) is 23.8. The van der Waals surface area contributed by atoms with Crippen LogP contribution < -0.4 is 10.2 Å². The molecule has 33 heavy (non-hydrogen) atoms. The van der Waals surface area contributed by atoms with Crippen molar-refractivity contribution >= 4 is 35.0 Å². The van der Waals surface area contributed by atoms with Crippen molar-refractivity contribution in [3.63, 3.8) is 0 Å². The number of amides is 2. The molecule has 1 N–H and O–H groups in total. The van der Waals surface area contributed by atoms with E-state index in [-0.39, 0.29) is 17.2 Å². The molecule has 1 saturated heterocycles. The third kappa shape index (κ3) is 5.48. The van der Waals surface area contributed by atoms with E-state index in [1.165, 1.54) is 11.1 Å². The van der Waals surface area contributed by atoms with E-state index >= 15 is 0 Å². The molecule has 0 bridgehead atoms. The van der Waals surface area contributed by atoms with Crippen LogP contribution in [0.3, 0.4) is 0 Å². The van der Waals surface area contributed by atoms with Crippen LogP contribution in [0.5, 0.6) is 0 Å². The molecule has 1 heterocycles. The predicted molar refractivity (Wildman–Crippen MR) is 138 cm³/mol. The Morgan fingerprint density at radius 1 is 0.939 bits per heavy atom. The fraction of sp³-hybridized carbons (Fsp3) is 0.286. The van der Waals surface area contributed by atoms with Crippen molar-refractivity contribution in [3.05, 3.63) is 95.1 Å². The zero-order valence-electron chi connectivity index (χ0n) is 19.2. The van der Waals surface area contributed by atoms with Gasteiger partial charge in [-0.15, -0.1) is 11.8 Å². The van der Waals surface area contributed by atoms with Gasteiger partial charge in [-0.2, -0.15) is 0 Å².